The summed E-state index contributed by atoms with van der Waals surface area (Å²) in [5, 5.41) is 9.17. The van der Waals surface area contributed by atoms with Crippen LogP contribution in [0.5, 0.6) is 0 Å². The van der Waals surface area contributed by atoms with E-state index < -0.39 is 5.97 Å². The van der Waals surface area contributed by atoms with Crippen molar-refractivity contribution in [2.45, 2.75) is 46.0 Å². The minimum Gasteiger partial charge on any atom is -0.481 e. The van der Waals surface area contributed by atoms with Crippen molar-refractivity contribution < 1.29 is 14.6 Å². The van der Waals surface area contributed by atoms with Crippen LogP contribution in [0.3, 0.4) is 0 Å². The van der Waals surface area contributed by atoms with Gasteiger partial charge in [0.2, 0.25) is 0 Å². The first-order valence-corrected chi connectivity index (χ1v) is 6.49. The molecule has 0 aromatic rings. The molecule has 3 heteroatoms. The van der Waals surface area contributed by atoms with Crippen LogP contribution >= 0.6 is 0 Å². The number of carboxylic acids is 1. The van der Waals surface area contributed by atoms with Gasteiger partial charge in [-0.2, -0.15) is 0 Å². The summed E-state index contributed by atoms with van der Waals surface area (Å²) in [6, 6.07) is 0. The fraction of sp³-hybridized carbons (Fsp3) is 0.923. The molecule has 1 saturated carbocycles. The highest BCUT2D eigenvalue weighted by atomic mass is 16.5. The standard InChI is InChI=1S/C13H24O3/c1-3-5-10-6-7-12(13(14)15)11(8-10)9-16-4-2/h10-12H,3-9H2,1-2H3,(H,14,15). The molecule has 0 spiro atoms. The van der Waals surface area contributed by atoms with Gasteiger partial charge < -0.3 is 9.84 Å². The molecule has 94 valence electrons. The van der Waals surface area contributed by atoms with E-state index in [1.807, 2.05) is 6.92 Å². The number of ether oxygens (including phenoxy) is 1. The topological polar surface area (TPSA) is 46.5 Å². The minimum absolute atomic E-state index is 0.181. The third-order valence-electron chi connectivity index (χ3n) is 3.64. The maximum Gasteiger partial charge on any atom is 0.306 e. The summed E-state index contributed by atoms with van der Waals surface area (Å²) in [4.78, 5) is 11.1. The Morgan fingerprint density at radius 1 is 1.38 bits per heavy atom. The van der Waals surface area contributed by atoms with E-state index in [4.69, 9.17) is 9.84 Å². The van der Waals surface area contributed by atoms with Crippen LogP contribution in [-0.4, -0.2) is 24.3 Å². The lowest BCUT2D eigenvalue weighted by atomic mass is 9.73. The average Bonchev–Trinajstić information content (AvgIpc) is 2.26. The van der Waals surface area contributed by atoms with E-state index >= 15 is 0 Å². The van der Waals surface area contributed by atoms with E-state index in [1.165, 1.54) is 12.8 Å². The summed E-state index contributed by atoms with van der Waals surface area (Å²) in [5.74, 6) is 0.119. The van der Waals surface area contributed by atoms with E-state index in [2.05, 4.69) is 6.92 Å². The second-order valence-corrected chi connectivity index (χ2v) is 4.83. The Morgan fingerprint density at radius 3 is 2.69 bits per heavy atom. The molecule has 16 heavy (non-hydrogen) atoms. The monoisotopic (exact) mass is 228 g/mol. The molecule has 1 aliphatic rings. The number of rotatable bonds is 6. The number of aliphatic carboxylic acids is 1. The summed E-state index contributed by atoms with van der Waals surface area (Å²) in [5.41, 5.74) is 0. The predicted octanol–water partition coefficient (Wildman–Crippen LogP) is 2.94. The van der Waals surface area contributed by atoms with Gasteiger partial charge in [0.1, 0.15) is 0 Å². The molecule has 0 saturated heterocycles. The summed E-state index contributed by atoms with van der Waals surface area (Å²) < 4.78 is 5.42. The highest BCUT2D eigenvalue weighted by molar-refractivity contribution is 5.70. The van der Waals surface area contributed by atoms with Crippen molar-refractivity contribution in [1.29, 1.82) is 0 Å². The zero-order valence-electron chi connectivity index (χ0n) is 10.4. The highest BCUT2D eigenvalue weighted by Gasteiger charge is 2.34. The van der Waals surface area contributed by atoms with Crippen LogP contribution in [0.2, 0.25) is 0 Å². The molecule has 0 radical (unpaired) electrons. The van der Waals surface area contributed by atoms with Crippen molar-refractivity contribution in [2.75, 3.05) is 13.2 Å². The number of hydrogen-bond donors (Lipinski definition) is 1. The molecule has 1 aliphatic carbocycles. The van der Waals surface area contributed by atoms with E-state index in [0.29, 0.717) is 19.1 Å². The van der Waals surface area contributed by atoms with Gasteiger partial charge in [0.05, 0.1) is 12.5 Å². The molecular weight excluding hydrogens is 204 g/mol. The van der Waals surface area contributed by atoms with Gasteiger partial charge in [-0.25, -0.2) is 0 Å². The third-order valence-corrected chi connectivity index (χ3v) is 3.64. The molecule has 1 N–H and O–H groups in total. The summed E-state index contributed by atoms with van der Waals surface area (Å²) in [7, 11) is 0. The number of carboxylic acid groups (broad SMARTS) is 1. The van der Waals surface area contributed by atoms with Crippen molar-refractivity contribution in [1.82, 2.24) is 0 Å². The first-order chi connectivity index (χ1) is 7.69. The predicted molar refractivity (Wildman–Crippen MR) is 63.4 cm³/mol. The summed E-state index contributed by atoms with van der Waals surface area (Å²) in [6.07, 6.45) is 5.37. The van der Waals surface area contributed by atoms with Gasteiger partial charge >= 0.3 is 5.97 Å². The van der Waals surface area contributed by atoms with Crippen molar-refractivity contribution in [3.8, 4) is 0 Å². The Hall–Kier alpha value is -0.570. The molecule has 0 bridgehead atoms. The molecule has 3 nitrogen and oxygen atoms in total. The van der Waals surface area contributed by atoms with Crippen molar-refractivity contribution in [3.63, 3.8) is 0 Å². The zero-order valence-corrected chi connectivity index (χ0v) is 10.4. The lowest BCUT2D eigenvalue weighted by molar-refractivity contribution is -0.146. The number of carbonyl (C=O) groups is 1. The lowest BCUT2D eigenvalue weighted by Crippen LogP contribution is -2.33. The van der Waals surface area contributed by atoms with Crippen LogP contribution in [0.4, 0.5) is 0 Å². The Balaban J connectivity index is 2.50. The maximum atomic E-state index is 11.1. The third kappa shape index (κ3) is 3.78. The van der Waals surface area contributed by atoms with E-state index in [1.54, 1.807) is 0 Å². The van der Waals surface area contributed by atoms with Crippen LogP contribution < -0.4 is 0 Å². The summed E-state index contributed by atoms with van der Waals surface area (Å²) in [6.45, 7) is 5.46. The molecule has 3 atom stereocenters. The van der Waals surface area contributed by atoms with E-state index in [0.717, 1.165) is 19.3 Å². The number of hydrogen-bond acceptors (Lipinski definition) is 2. The van der Waals surface area contributed by atoms with Crippen LogP contribution in [0.15, 0.2) is 0 Å². The second kappa shape index (κ2) is 6.89. The molecule has 1 fully saturated rings. The van der Waals surface area contributed by atoms with Crippen molar-refractivity contribution in [2.24, 2.45) is 17.8 Å². The van der Waals surface area contributed by atoms with Crippen LogP contribution in [0.1, 0.15) is 46.0 Å². The molecule has 0 amide bonds. The van der Waals surface area contributed by atoms with Gasteiger partial charge in [-0.1, -0.05) is 19.8 Å². The fourth-order valence-corrected chi connectivity index (χ4v) is 2.81. The first kappa shape index (κ1) is 13.5. The van der Waals surface area contributed by atoms with Crippen molar-refractivity contribution in [3.05, 3.63) is 0 Å². The molecule has 3 unspecified atom stereocenters. The highest BCUT2D eigenvalue weighted by Crippen LogP contribution is 2.36. The van der Waals surface area contributed by atoms with Gasteiger partial charge in [-0.3, -0.25) is 4.79 Å². The molecule has 0 aliphatic heterocycles. The van der Waals surface area contributed by atoms with Crippen LogP contribution in [-0.2, 0) is 9.53 Å². The van der Waals surface area contributed by atoms with Gasteiger partial charge in [-0.05, 0) is 38.0 Å². The zero-order chi connectivity index (χ0) is 12.0. The van der Waals surface area contributed by atoms with Gasteiger partial charge in [-0.15, -0.1) is 0 Å². The lowest BCUT2D eigenvalue weighted by Gasteiger charge is -2.33. The SMILES string of the molecule is CCCC1CCC(C(=O)O)C(COCC)C1. The Bertz CT molecular complexity index is 215. The van der Waals surface area contributed by atoms with Crippen LogP contribution in [0, 0.1) is 17.8 Å². The minimum atomic E-state index is -0.639. The fourth-order valence-electron chi connectivity index (χ4n) is 2.81. The largest absolute Gasteiger partial charge is 0.481 e. The molecular formula is C13H24O3. The second-order valence-electron chi connectivity index (χ2n) is 4.83. The Labute approximate surface area is 98.2 Å². The normalized spacial score (nSPS) is 30.2. The van der Waals surface area contributed by atoms with Crippen LogP contribution in [0.25, 0.3) is 0 Å². The molecule has 0 heterocycles. The molecule has 0 aromatic heterocycles. The average molecular weight is 228 g/mol. The Kier molecular flexibility index (Phi) is 5.81. The quantitative estimate of drug-likeness (QED) is 0.760. The van der Waals surface area contributed by atoms with E-state index in [-0.39, 0.29) is 11.8 Å². The van der Waals surface area contributed by atoms with Gasteiger partial charge in [0.25, 0.3) is 0 Å². The summed E-state index contributed by atoms with van der Waals surface area (Å²) >= 11 is 0. The van der Waals surface area contributed by atoms with Crippen molar-refractivity contribution >= 4 is 5.97 Å². The van der Waals surface area contributed by atoms with Gasteiger partial charge in [0.15, 0.2) is 0 Å². The molecule has 1 rings (SSSR count). The smallest absolute Gasteiger partial charge is 0.306 e. The first-order valence-electron chi connectivity index (χ1n) is 6.49. The molecule has 0 aromatic carbocycles. The van der Waals surface area contributed by atoms with Gasteiger partial charge in [0, 0.05) is 6.61 Å². The van der Waals surface area contributed by atoms with E-state index in [9.17, 15) is 4.79 Å². The maximum absolute atomic E-state index is 11.1. The Morgan fingerprint density at radius 2 is 2.12 bits per heavy atom.